The molecule has 3 aromatic rings. The number of halogens is 2. The number of hydrogen-bond donors (Lipinski definition) is 2. The van der Waals surface area contributed by atoms with Crippen LogP contribution >= 0.6 is 0 Å². The van der Waals surface area contributed by atoms with E-state index in [-0.39, 0.29) is 11.4 Å². The predicted molar refractivity (Wildman–Crippen MR) is 80.5 cm³/mol. The highest BCUT2D eigenvalue weighted by atomic mass is 19.1. The highest BCUT2D eigenvalue weighted by Gasteiger charge is 2.09. The molecule has 0 aliphatic carbocycles. The van der Waals surface area contributed by atoms with E-state index in [1.54, 1.807) is 18.2 Å². The Balaban J connectivity index is 1.68. The van der Waals surface area contributed by atoms with Crippen LogP contribution in [0.4, 0.5) is 26.0 Å². The first-order chi connectivity index (χ1) is 11.1. The molecular formula is C16H11F2N3O2. The van der Waals surface area contributed by atoms with Crippen molar-refractivity contribution in [2.75, 3.05) is 10.6 Å². The van der Waals surface area contributed by atoms with Crippen LogP contribution in [-0.4, -0.2) is 10.9 Å². The zero-order chi connectivity index (χ0) is 16.2. The number of nitrogens with one attached hydrogen (secondary N) is 2. The van der Waals surface area contributed by atoms with Gasteiger partial charge in [-0.05, 0) is 36.4 Å². The van der Waals surface area contributed by atoms with Crippen molar-refractivity contribution in [1.29, 1.82) is 0 Å². The van der Waals surface area contributed by atoms with Crippen LogP contribution in [0.25, 0.3) is 0 Å². The van der Waals surface area contributed by atoms with Gasteiger partial charge in [0.15, 0.2) is 5.76 Å². The Morgan fingerprint density at radius 1 is 1.13 bits per heavy atom. The van der Waals surface area contributed by atoms with Crippen LogP contribution in [-0.2, 0) is 0 Å². The van der Waals surface area contributed by atoms with E-state index in [4.69, 9.17) is 4.42 Å². The maximum absolute atomic E-state index is 13.5. The molecular weight excluding hydrogens is 304 g/mol. The van der Waals surface area contributed by atoms with Gasteiger partial charge in [-0.3, -0.25) is 4.79 Å². The first kappa shape index (κ1) is 14.7. The third-order valence-corrected chi connectivity index (χ3v) is 2.96. The molecule has 23 heavy (non-hydrogen) atoms. The van der Waals surface area contributed by atoms with Gasteiger partial charge in [-0.2, -0.15) is 0 Å². The summed E-state index contributed by atoms with van der Waals surface area (Å²) in [7, 11) is 0. The van der Waals surface area contributed by atoms with Crippen molar-refractivity contribution in [3.63, 3.8) is 0 Å². The van der Waals surface area contributed by atoms with Crippen LogP contribution in [0, 0.1) is 11.6 Å². The van der Waals surface area contributed by atoms with E-state index in [1.807, 2.05) is 0 Å². The molecule has 0 aliphatic rings. The SMILES string of the molecule is O=C(Nc1ccc(Nc2ccc(F)cc2F)nc1)c1ccco1. The van der Waals surface area contributed by atoms with E-state index >= 15 is 0 Å². The number of rotatable bonds is 4. The van der Waals surface area contributed by atoms with Crippen molar-refractivity contribution in [2.45, 2.75) is 0 Å². The lowest BCUT2D eigenvalue weighted by atomic mass is 10.3. The number of pyridine rings is 1. The zero-order valence-electron chi connectivity index (χ0n) is 11.7. The number of amides is 1. The zero-order valence-corrected chi connectivity index (χ0v) is 11.7. The Hall–Kier alpha value is -3.22. The van der Waals surface area contributed by atoms with Crippen LogP contribution in [0.3, 0.4) is 0 Å². The third-order valence-electron chi connectivity index (χ3n) is 2.96. The molecule has 0 radical (unpaired) electrons. The fourth-order valence-corrected chi connectivity index (χ4v) is 1.87. The molecule has 7 heteroatoms. The van der Waals surface area contributed by atoms with Crippen molar-refractivity contribution in [3.8, 4) is 0 Å². The number of benzene rings is 1. The molecule has 116 valence electrons. The molecule has 0 atom stereocenters. The standard InChI is InChI=1S/C16H11F2N3O2/c17-10-3-5-13(12(18)8-10)21-15-6-4-11(9-19-15)20-16(22)14-2-1-7-23-14/h1-9H,(H,19,21)(H,20,22). The molecule has 2 heterocycles. The lowest BCUT2D eigenvalue weighted by molar-refractivity contribution is 0.0996. The summed E-state index contributed by atoms with van der Waals surface area (Å²) >= 11 is 0. The van der Waals surface area contributed by atoms with Gasteiger partial charge >= 0.3 is 0 Å². The van der Waals surface area contributed by atoms with E-state index in [2.05, 4.69) is 15.6 Å². The van der Waals surface area contributed by atoms with E-state index in [1.165, 1.54) is 24.6 Å². The summed E-state index contributed by atoms with van der Waals surface area (Å²) in [5, 5.41) is 5.33. The largest absolute Gasteiger partial charge is 0.459 e. The fourth-order valence-electron chi connectivity index (χ4n) is 1.87. The van der Waals surface area contributed by atoms with Gasteiger partial charge in [-0.15, -0.1) is 0 Å². The number of hydrogen-bond acceptors (Lipinski definition) is 4. The van der Waals surface area contributed by atoms with Crippen molar-refractivity contribution in [2.24, 2.45) is 0 Å². The summed E-state index contributed by atoms with van der Waals surface area (Å²) in [5.74, 6) is -1.24. The minimum absolute atomic E-state index is 0.103. The molecule has 1 amide bonds. The summed E-state index contributed by atoms with van der Waals surface area (Å²) < 4.78 is 31.4. The number of carbonyl (C=O) groups is 1. The summed E-state index contributed by atoms with van der Waals surface area (Å²) in [6.07, 6.45) is 2.81. The minimum Gasteiger partial charge on any atom is -0.459 e. The number of nitrogens with zero attached hydrogens (tertiary/aromatic N) is 1. The quantitative estimate of drug-likeness (QED) is 0.765. The van der Waals surface area contributed by atoms with Crippen molar-refractivity contribution in [3.05, 3.63) is 72.3 Å². The fraction of sp³-hybridized carbons (Fsp3) is 0. The molecule has 0 unspecified atom stereocenters. The molecule has 5 nitrogen and oxygen atoms in total. The molecule has 0 fully saturated rings. The Labute approximate surface area is 130 Å². The number of furan rings is 1. The van der Waals surface area contributed by atoms with E-state index in [0.29, 0.717) is 11.5 Å². The normalized spacial score (nSPS) is 10.3. The smallest absolute Gasteiger partial charge is 0.291 e. The lowest BCUT2D eigenvalue weighted by Crippen LogP contribution is -2.11. The molecule has 0 aliphatic heterocycles. The minimum atomic E-state index is -0.720. The van der Waals surface area contributed by atoms with Crippen LogP contribution in [0.5, 0.6) is 0 Å². The average Bonchev–Trinajstić information content (AvgIpc) is 3.06. The van der Waals surface area contributed by atoms with Gasteiger partial charge < -0.3 is 15.1 Å². The van der Waals surface area contributed by atoms with Gasteiger partial charge in [0.2, 0.25) is 0 Å². The third kappa shape index (κ3) is 3.52. The molecule has 0 bridgehead atoms. The molecule has 3 rings (SSSR count). The van der Waals surface area contributed by atoms with E-state index in [0.717, 1.165) is 12.1 Å². The van der Waals surface area contributed by atoms with Crippen LogP contribution in [0.15, 0.2) is 59.3 Å². The Morgan fingerprint density at radius 2 is 2.00 bits per heavy atom. The molecule has 1 aromatic carbocycles. The van der Waals surface area contributed by atoms with Gasteiger partial charge in [0.1, 0.15) is 17.5 Å². The van der Waals surface area contributed by atoms with Gasteiger partial charge in [-0.1, -0.05) is 0 Å². The maximum Gasteiger partial charge on any atom is 0.291 e. The molecule has 0 spiro atoms. The summed E-state index contributed by atoms with van der Waals surface area (Å²) in [5.41, 5.74) is 0.558. The molecule has 0 saturated heterocycles. The van der Waals surface area contributed by atoms with Crippen molar-refractivity contribution in [1.82, 2.24) is 4.98 Å². The first-order valence-corrected chi connectivity index (χ1v) is 6.65. The topological polar surface area (TPSA) is 67.2 Å². The number of anilines is 3. The van der Waals surface area contributed by atoms with Crippen molar-refractivity contribution < 1.29 is 18.0 Å². The highest BCUT2D eigenvalue weighted by Crippen LogP contribution is 2.20. The van der Waals surface area contributed by atoms with Crippen LogP contribution < -0.4 is 10.6 Å². The van der Waals surface area contributed by atoms with Crippen LogP contribution in [0.1, 0.15) is 10.6 Å². The Morgan fingerprint density at radius 3 is 2.65 bits per heavy atom. The monoisotopic (exact) mass is 315 g/mol. The predicted octanol–water partition coefficient (Wildman–Crippen LogP) is 3.95. The second kappa shape index (κ2) is 6.27. The molecule has 2 aromatic heterocycles. The Bertz CT molecular complexity index is 818. The number of aromatic nitrogens is 1. The van der Waals surface area contributed by atoms with Crippen molar-refractivity contribution >= 4 is 23.1 Å². The highest BCUT2D eigenvalue weighted by molar-refractivity contribution is 6.02. The Kier molecular flexibility index (Phi) is 4.01. The summed E-state index contributed by atoms with van der Waals surface area (Å²) in [6, 6.07) is 9.49. The average molecular weight is 315 g/mol. The molecule has 0 saturated carbocycles. The van der Waals surface area contributed by atoms with E-state index in [9.17, 15) is 13.6 Å². The van der Waals surface area contributed by atoms with Crippen LogP contribution in [0.2, 0.25) is 0 Å². The van der Waals surface area contributed by atoms with Gasteiger partial charge in [0.05, 0.1) is 23.8 Å². The second-order valence-corrected chi connectivity index (χ2v) is 4.61. The summed E-state index contributed by atoms with van der Waals surface area (Å²) in [6.45, 7) is 0. The second-order valence-electron chi connectivity index (χ2n) is 4.61. The number of carbonyl (C=O) groups excluding carboxylic acids is 1. The first-order valence-electron chi connectivity index (χ1n) is 6.65. The molecule has 2 N–H and O–H groups in total. The van der Waals surface area contributed by atoms with Gasteiger partial charge in [-0.25, -0.2) is 13.8 Å². The van der Waals surface area contributed by atoms with E-state index < -0.39 is 17.5 Å². The lowest BCUT2D eigenvalue weighted by Gasteiger charge is -2.08. The maximum atomic E-state index is 13.5. The van der Waals surface area contributed by atoms with Gasteiger partial charge in [0, 0.05) is 6.07 Å². The summed E-state index contributed by atoms with van der Waals surface area (Å²) in [4.78, 5) is 15.8. The van der Waals surface area contributed by atoms with Gasteiger partial charge in [0.25, 0.3) is 5.91 Å².